The lowest BCUT2D eigenvalue weighted by molar-refractivity contribution is 0.519. The van der Waals surface area contributed by atoms with Gasteiger partial charge in [-0.1, -0.05) is 38.1 Å². The first-order valence-corrected chi connectivity index (χ1v) is 6.37. The van der Waals surface area contributed by atoms with Crippen molar-refractivity contribution >= 4 is 6.01 Å². The molecule has 2 rings (SSSR count). The summed E-state index contributed by atoms with van der Waals surface area (Å²) in [6.07, 6.45) is 1.80. The van der Waals surface area contributed by atoms with E-state index < -0.39 is 0 Å². The van der Waals surface area contributed by atoms with Gasteiger partial charge in [0.05, 0.1) is 5.69 Å². The summed E-state index contributed by atoms with van der Waals surface area (Å²) < 4.78 is 5.36. The molecule has 0 aliphatic heterocycles. The van der Waals surface area contributed by atoms with Crippen molar-refractivity contribution in [3.8, 4) is 0 Å². The first-order chi connectivity index (χ1) is 8.56. The average Bonchev–Trinajstić information content (AvgIpc) is 2.66. The lowest BCUT2D eigenvalue weighted by Crippen LogP contribution is -1.93. The van der Waals surface area contributed by atoms with Gasteiger partial charge in [-0.3, -0.25) is 0 Å². The number of aryl methyl sites for hydroxylation is 3. The highest BCUT2D eigenvalue weighted by Gasteiger charge is 2.07. The molecule has 0 amide bonds. The zero-order chi connectivity index (χ0) is 13.1. The third-order valence-corrected chi connectivity index (χ3v) is 3.20. The van der Waals surface area contributed by atoms with Crippen LogP contribution in [0.25, 0.3) is 0 Å². The van der Waals surface area contributed by atoms with Gasteiger partial charge in [-0.25, -0.2) is 0 Å². The fourth-order valence-corrected chi connectivity index (χ4v) is 2.01. The SMILES string of the molecule is Cc1nc(N)oc1CCc1ccc(C(C)C)cc1. The van der Waals surface area contributed by atoms with Crippen molar-refractivity contribution < 1.29 is 4.42 Å². The van der Waals surface area contributed by atoms with Crippen LogP contribution in [-0.2, 0) is 12.8 Å². The van der Waals surface area contributed by atoms with Crippen LogP contribution < -0.4 is 5.73 Å². The van der Waals surface area contributed by atoms with Crippen LogP contribution in [0.3, 0.4) is 0 Å². The van der Waals surface area contributed by atoms with E-state index in [0.29, 0.717) is 5.92 Å². The highest BCUT2D eigenvalue weighted by Crippen LogP contribution is 2.17. The van der Waals surface area contributed by atoms with Crippen LogP contribution in [0.2, 0.25) is 0 Å². The third-order valence-electron chi connectivity index (χ3n) is 3.20. The standard InChI is InChI=1S/C15H20N2O/c1-10(2)13-7-4-12(5-8-13)6-9-14-11(3)17-15(16)18-14/h4-5,7-8,10H,6,9H2,1-3H3,(H2,16,17). The van der Waals surface area contributed by atoms with E-state index in [0.717, 1.165) is 24.3 Å². The average molecular weight is 244 g/mol. The molecule has 3 heteroatoms. The first-order valence-electron chi connectivity index (χ1n) is 6.37. The number of anilines is 1. The van der Waals surface area contributed by atoms with Gasteiger partial charge in [0.1, 0.15) is 5.76 Å². The molecule has 1 aromatic heterocycles. The minimum Gasteiger partial charge on any atom is -0.429 e. The number of oxazole rings is 1. The number of nitrogens with zero attached hydrogens (tertiary/aromatic N) is 1. The molecule has 0 spiro atoms. The van der Waals surface area contributed by atoms with E-state index in [1.165, 1.54) is 11.1 Å². The molecule has 0 radical (unpaired) electrons. The largest absolute Gasteiger partial charge is 0.429 e. The Morgan fingerprint density at radius 3 is 2.33 bits per heavy atom. The highest BCUT2D eigenvalue weighted by atomic mass is 16.4. The fraction of sp³-hybridized carbons (Fsp3) is 0.400. The summed E-state index contributed by atoms with van der Waals surface area (Å²) >= 11 is 0. The van der Waals surface area contributed by atoms with Crippen LogP contribution in [0.1, 0.15) is 42.3 Å². The number of benzene rings is 1. The molecule has 0 atom stereocenters. The summed E-state index contributed by atoms with van der Waals surface area (Å²) in [6.45, 7) is 6.34. The van der Waals surface area contributed by atoms with Gasteiger partial charge in [-0.05, 0) is 30.4 Å². The molecule has 0 unspecified atom stereocenters. The van der Waals surface area contributed by atoms with Crippen LogP contribution in [0.5, 0.6) is 0 Å². The van der Waals surface area contributed by atoms with E-state index >= 15 is 0 Å². The number of aromatic nitrogens is 1. The third kappa shape index (κ3) is 2.92. The number of rotatable bonds is 4. The molecule has 0 saturated heterocycles. The predicted octanol–water partition coefficient (Wildman–Crippen LogP) is 3.47. The molecular weight excluding hydrogens is 224 g/mol. The Bertz CT molecular complexity index is 512. The molecule has 3 nitrogen and oxygen atoms in total. The fourth-order valence-electron chi connectivity index (χ4n) is 2.01. The molecule has 0 saturated carbocycles. The number of hydrogen-bond donors (Lipinski definition) is 1. The minimum atomic E-state index is 0.262. The molecular formula is C15H20N2O. The predicted molar refractivity (Wildman–Crippen MR) is 73.6 cm³/mol. The number of hydrogen-bond acceptors (Lipinski definition) is 3. The zero-order valence-electron chi connectivity index (χ0n) is 11.2. The Morgan fingerprint density at radius 2 is 1.83 bits per heavy atom. The Labute approximate surface area is 108 Å². The van der Waals surface area contributed by atoms with E-state index in [1.54, 1.807) is 0 Å². The smallest absolute Gasteiger partial charge is 0.292 e. The summed E-state index contributed by atoms with van der Waals surface area (Å²) in [5.41, 5.74) is 9.11. The molecule has 2 N–H and O–H groups in total. The Kier molecular flexibility index (Phi) is 3.70. The number of nitrogens with two attached hydrogens (primary N) is 1. The molecule has 2 aromatic rings. The van der Waals surface area contributed by atoms with Crippen LogP contribution in [0, 0.1) is 6.92 Å². The van der Waals surface area contributed by atoms with Crippen molar-refractivity contribution in [3.63, 3.8) is 0 Å². The van der Waals surface area contributed by atoms with Gasteiger partial charge in [0.15, 0.2) is 0 Å². The van der Waals surface area contributed by atoms with Crippen molar-refractivity contribution in [2.75, 3.05) is 5.73 Å². The van der Waals surface area contributed by atoms with Crippen LogP contribution in [0.4, 0.5) is 6.01 Å². The van der Waals surface area contributed by atoms with Gasteiger partial charge < -0.3 is 10.2 Å². The van der Waals surface area contributed by atoms with E-state index in [2.05, 4.69) is 43.1 Å². The Morgan fingerprint density at radius 1 is 1.17 bits per heavy atom. The normalized spacial score (nSPS) is 11.1. The molecule has 1 heterocycles. The van der Waals surface area contributed by atoms with Gasteiger partial charge in [-0.2, -0.15) is 4.98 Å². The van der Waals surface area contributed by atoms with Crippen molar-refractivity contribution in [1.29, 1.82) is 0 Å². The lowest BCUT2D eigenvalue weighted by Gasteiger charge is -2.06. The molecule has 1 aromatic carbocycles. The molecule has 0 aliphatic carbocycles. The van der Waals surface area contributed by atoms with Crippen LogP contribution >= 0.6 is 0 Å². The Hall–Kier alpha value is -1.77. The van der Waals surface area contributed by atoms with Crippen molar-refractivity contribution in [1.82, 2.24) is 4.98 Å². The zero-order valence-corrected chi connectivity index (χ0v) is 11.2. The second-order valence-corrected chi connectivity index (χ2v) is 4.96. The Balaban J connectivity index is 2.00. The molecule has 0 aliphatic rings. The van der Waals surface area contributed by atoms with E-state index in [1.807, 2.05) is 6.92 Å². The van der Waals surface area contributed by atoms with Crippen molar-refractivity contribution in [3.05, 3.63) is 46.8 Å². The maximum absolute atomic E-state index is 5.52. The van der Waals surface area contributed by atoms with Crippen LogP contribution in [-0.4, -0.2) is 4.98 Å². The summed E-state index contributed by atoms with van der Waals surface area (Å²) in [4.78, 5) is 4.07. The van der Waals surface area contributed by atoms with Crippen LogP contribution in [0.15, 0.2) is 28.7 Å². The molecule has 18 heavy (non-hydrogen) atoms. The van der Waals surface area contributed by atoms with E-state index in [9.17, 15) is 0 Å². The molecule has 0 fully saturated rings. The second kappa shape index (κ2) is 5.25. The molecule has 0 bridgehead atoms. The van der Waals surface area contributed by atoms with Crippen molar-refractivity contribution in [2.24, 2.45) is 0 Å². The minimum absolute atomic E-state index is 0.262. The van der Waals surface area contributed by atoms with E-state index in [-0.39, 0.29) is 6.01 Å². The maximum atomic E-state index is 5.52. The quantitative estimate of drug-likeness (QED) is 0.895. The number of nitrogen functional groups attached to an aromatic ring is 1. The maximum Gasteiger partial charge on any atom is 0.292 e. The van der Waals surface area contributed by atoms with Gasteiger partial charge >= 0.3 is 0 Å². The second-order valence-electron chi connectivity index (χ2n) is 4.96. The monoisotopic (exact) mass is 244 g/mol. The lowest BCUT2D eigenvalue weighted by atomic mass is 10.00. The van der Waals surface area contributed by atoms with Gasteiger partial charge in [0.25, 0.3) is 6.01 Å². The van der Waals surface area contributed by atoms with Gasteiger partial charge in [0, 0.05) is 6.42 Å². The summed E-state index contributed by atoms with van der Waals surface area (Å²) in [5, 5.41) is 0. The van der Waals surface area contributed by atoms with E-state index in [4.69, 9.17) is 10.2 Å². The summed E-state index contributed by atoms with van der Waals surface area (Å²) in [6, 6.07) is 9.02. The topological polar surface area (TPSA) is 52.0 Å². The molecule has 96 valence electrons. The summed E-state index contributed by atoms with van der Waals surface area (Å²) in [5.74, 6) is 1.47. The van der Waals surface area contributed by atoms with Gasteiger partial charge in [0.2, 0.25) is 0 Å². The van der Waals surface area contributed by atoms with Gasteiger partial charge in [-0.15, -0.1) is 0 Å². The summed E-state index contributed by atoms with van der Waals surface area (Å²) in [7, 11) is 0. The van der Waals surface area contributed by atoms with Crippen molar-refractivity contribution in [2.45, 2.75) is 39.5 Å². The first kappa shape index (κ1) is 12.7. The highest BCUT2D eigenvalue weighted by molar-refractivity contribution is 5.26.